The first kappa shape index (κ1) is 11.2. The molecule has 0 unspecified atom stereocenters. The van der Waals surface area contributed by atoms with Crippen molar-refractivity contribution in [3.05, 3.63) is 0 Å². The molecule has 0 aromatic heterocycles. The van der Waals surface area contributed by atoms with E-state index in [2.05, 4.69) is 9.25 Å². The van der Waals surface area contributed by atoms with E-state index in [1.807, 2.05) is 0 Å². The molecule has 0 spiro atoms. The van der Waals surface area contributed by atoms with Crippen molar-refractivity contribution in [3.8, 4) is 0 Å². The van der Waals surface area contributed by atoms with E-state index in [0.29, 0.717) is 0 Å². The van der Waals surface area contributed by atoms with Crippen molar-refractivity contribution in [1.29, 1.82) is 0 Å². The Morgan fingerprint density at radius 1 is 0.909 bits per heavy atom. The maximum Gasteiger partial charge on any atom is 0.488 e. The molecule has 0 aromatic rings. The van der Waals surface area contributed by atoms with E-state index in [1.54, 1.807) is 0 Å². The molecule has 11 heteroatoms. The van der Waals surface area contributed by atoms with Crippen molar-refractivity contribution in [2.24, 2.45) is 0 Å². The van der Waals surface area contributed by atoms with Crippen LogP contribution in [0.3, 0.4) is 0 Å². The molecule has 0 amide bonds. The van der Waals surface area contributed by atoms with Crippen LogP contribution in [0.15, 0.2) is 0 Å². The van der Waals surface area contributed by atoms with Crippen LogP contribution >= 0.6 is 15.6 Å². The van der Waals surface area contributed by atoms with E-state index in [9.17, 15) is 9.13 Å². The highest BCUT2D eigenvalue weighted by Gasteiger charge is 2.19. The van der Waals surface area contributed by atoms with Gasteiger partial charge in [-0.2, -0.15) is 9.25 Å². The maximum atomic E-state index is 9.79. The van der Waals surface area contributed by atoms with Gasteiger partial charge < -0.3 is 19.6 Å². The Kier molecular flexibility index (Phi) is 3.78. The van der Waals surface area contributed by atoms with Crippen molar-refractivity contribution in [2.45, 2.75) is 0 Å². The molecule has 0 radical (unpaired) electrons. The summed E-state index contributed by atoms with van der Waals surface area (Å²) in [4.78, 5) is 31.6. The summed E-state index contributed by atoms with van der Waals surface area (Å²) in [5.41, 5.74) is 0.939. The highest BCUT2D eigenvalue weighted by molar-refractivity contribution is 7.46. The van der Waals surface area contributed by atoms with Crippen LogP contribution in [0.4, 0.5) is 0 Å². The summed E-state index contributed by atoms with van der Waals surface area (Å²) < 4.78 is 26.2. The number of hydrogen-bond acceptors (Lipinski definition) is 5. The van der Waals surface area contributed by atoms with E-state index in [4.69, 9.17) is 19.6 Å². The van der Waals surface area contributed by atoms with Crippen molar-refractivity contribution in [1.82, 2.24) is 5.64 Å². The highest BCUT2D eigenvalue weighted by atomic mass is 31.2. The van der Waals surface area contributed by atoms with Crippen LogP contribution in [0.25, 0.3) is 0 Å². The Bertz CT molecular complexity index is 174. The fourth-order valence-electron chi connectivity index (χ4n) is 0.114. The predicted octanol–water partition coefficient (Wildman–Crippen LogP) is -1.38. The Balaban J connectivity index is 3.61. The quantitative estimate of drug-likeness (QED) is 0.279. The van der Waals surface area contributed by atoms with Gasteiger partial charge in [0.15, 0.2) is 0 Å². The Hall–Kier alpha value is 0.180. The van der Waals surface area contributed by atoms with E-state index in [1.165, 1.54) is 0 Å². The molecule has 0 saturated heterocycles. The van der Waals surface area contributed by atoms with Crippen LogP contribution < -0.4 is 5.64 Å². The predicted molar refractivity (Wildman–Crippen MR) is 29.4 cm³/mol. The van der Waals surface area contributed by atoms with E-state index in [-0.39, 0.29) is 0 Å². The normalized spacial score (nSPS) is 13.5. The van der Waals surface area contributed by atoms with Gasteiger partial charge in [0, 0.05) is 0 Å². The summed E-state index contributed by atoms with van der Waals surface area (Å²) >= 11 is 0. The molecule has 0 atom stereocenters. The van der Waals surface area contributed by atoms with Gasteiger partial charge in [0.1, 0.15) is 0 Å². The lowest BCUT2D eigenvalue weighted by atomic mass is 13.3. The minimum Gasteiger partial charge on any atom is -0.302 e. The summed E-state index contributed by atoms with van der Waals surface area (Å²) in [5, 5.41) is 0. The van der Waals surface area contributed by atoms with Crippen LogP contribution in [0.1, 0.15) is 0 Å². The lowest BCUT2D eigenvalue weighted by molar-refractivity contribution is -0.0566. The number of rotatable bonds is 4. The molecule has 0 aliphatic rings. The van der Waals surface area contributed by atoms with Crippen molar-refractivity contribution in [2.75, 3.05) is 0 Å². The number of hydrogen-bond donors (Lipinski definition) is 5. The van der Waals surface area contributed by atoms with Gasteiger partial charge >= 0.3 is 15.6 Å². The maximum absolute atomic E-state index is 9.79. The third-order valence-corrected chi connectivity index (χ3v) is 0.937. The average molecular weight is 209 g/mol. The summed E-state index contributed by atoms with van der Waals surface area (Å²) in [6.45, 7) is 0. The van der Waals surface area contributed by atoms with E-state index >= 15 is 0 Å². The van der Waals surface area contributed by atoms with Crippen molar-refractivity contribution < 1.29 is 38.0 Å². The van der Waals surface area contributed by atoms with Gasteiger partial charge in [-0.15, -0.1) is 0 Å². The lowest BCUT2D eigenvalue weighted by Crippen LogP contribution is -2.11. The molecular formula is H5NO8P2. The van der Waals surface area contributed by atoms with Crippen LogP contribution in [0.2, 0.25) is 0 Å². The fraction of sp³-hybridized carbons (Fsp3) is 0. The molecule has 68 valence electrons. The summed E-state index contributed by atoms with van der Waals surface area (Å²) in [6, 6.07) is 0. The lowest BCUT2D eigenvalue weighted by Gasteiger charge is -2.05. The highest BCUT2D eigenvalue weighted by Crippen LogP contribution is 2.38. The largest absolute Gasteiger partial charge is 0.488 e. The first-order chi connectivity index (χ1) is 4.71. The monoisotopic (exact) mass is 209 g/mol. The zero-order chi connectivity index (χ0) is 9.12. The molecule has 0 saturated carbocycles. The van der Waals surface area contributed by atoms with Crippen LogP contribution in [-0.4, -0.2) is 19.6 Å². The molecule has 0 aliphatic carbocycles. The van der Waals surface area contributed by atoms with Crippen molar-refractivity contribution >= 4 is 15.6 Å². The van der Waals surface area contributed by atoms with Crippen LogP contribution in [-0.2, 0) is 18.4 Å². The number of nitrogens with one attached hydrogen (secondary N) is 1. The zero-order valence-electron chi connectivity index (χ0n) is 4.82. The Morgan fingerprint density at radius 2 is 1.18 bits per heavy atom. The smallest absolute Gasteiger partial charge is 0.302 e. The third kappa shape index (κ3) is 10.2. The second-order valence-electron chi connectivity index (χ2n) is 1.25. The second kappa shape index (κ2) is 3.72. The Morgan fingerprint density at radius 3 is 1.36 bits per heavy atom. The number of phosphoric acid groups is 2. The van der Waals surface area contributed by atoms with Gasteiger partial charge in [0.05, 0.1) is 0 Å². The van der Waals surface area contributed by atoms with Gasteiger partial charge in [0.25, 0.3) is 0 Å². The molecule has 11 heavy (non-hydrogen) atoms. The first-order valence-corrected chi connectivity index (χ1v) is 5.00. The average Bonchev–Trinajstić information content (AvgIpc) is 1.55. The van der Waals surface area contributed by atoms with E-state index in [0.717, 1.165) is 5.64 Å². The van der Waals surface area contributed by atoms with Gasteiger partial charge in [-0.05, 0) is 0 Å². The zero-order valence-corrected chi connectivity index (χ0v) is 6.61. The van der Waals surface area contributed by atoms with Gasteiger partial charge in [-0.1, -0.05) is 5.64 Å². The molecule has 0 heterocycles. The molecule has 5 N–H and O–H groups in total. The SMILES string of the molecule is O=P(O)(O)ONOP(=O)(O)O. The van der Waals surface area contributed by atoms with Crippen molar-refractivity contribution in [3.63, 3.8) is 0 Å². The molecule has 0 bridgehead atoms. The molecule has 0 rings (SSSR count). The molecule has 0 fully saturated rings. The summed E-state index contributed by atoms with van der Waals surface area (Å²) in [5.74, 6) is 0. The van der Waals surface area contributed by atoms with Crippen LogP contribution in [0.5, 0.6) is 0 Å². The molecule has 0 aromatic carbocycles. The Labute approximate surface area is 60.3 Å². The molecule has 0 aliphatic heterocycles. The van der Waals surface area contributed by atoms with Crippen LogP contribution in [0, 0.1) is 0 Å². The third-order valence-electron chi connectivity index (χ3n) is 0.312. The second-order valence-corrected chi connectivity index (χ2v) is 3.57. The summed E-state index contributed by atoms with van der Waals surface area (Å²) in [6.07, 6.45) is 0. The minimum atomic E-state index is -4.83. The van der Waals surface area contributed by atoms with Gasteiger partial charge in [-0.25, -0.2) is 9.13 Å². The van der Waals surface area contributed by atoms with E-state index < -0.39 is 15.6 Å². The standard InChI is InChI=1S/H5NO8P2/c2-10(3,4)8-1-9-11(5,6)7/h1H,(H2,2,3,4)(H2,5,6,7). The first-order valence-electron chi connectivity index (χ1n) is 1.94. The summed E-state index contributed by atoms with van der Waals surface area (Å²) in [7, 11) is -9.66. The van der Waals surface area contributed by atoms with Gasteiger partial charge in [0.2, 0.25) is 0 Å². The fourth-order valence-corrected chi connectivity index (χ4v) is 0.441. The van der Waals surface area contributed by atoms with Gasteiger partial charge in [-0.3, -0.25) is 0 Å². The molecule has 9 nitrogen and oxygen atoms in total. The minimum absolute atomic E-state index is 0.939. The topological polar surface area (TPSA) is 146 Å². The molecular weight excluding hydrogens is 204 g/mol.